The third kappa shape index (κ3) is 4.43. The SMILES string of the molecule is OC(CNc1nc(CN2CCOCC2)nc2sc3c(c12)CCCC3)c1ccccc1F. The molecule has 5 rings (SSSR count). The van der Waals surface area contributed by atoms with Crippen molar-refractivity contribution in [3.8, 4) is 0 Å². The molecule has 0 spiro atoms. The van der Waals surface area contributed by atoms with Gasteiger partial charge in [0, 0.05) is 30.1 Å². The normalized spacial score (nSPS) is 18.1. The second-order valence-corrected chi connectivity index (χ2v) is 9.27. The van der Waals surface area contributed by atoms with Crippen molar-refractivity contribution in [3.63, 3.8) is 0 Å². The highest BCUT2D eigenvalue weighted by Crippen LogP contribution is 2.39. The first-order valence-corrected chi connectivity index (χ1v) is 11.8. The molecule has 164 valence electrons. The summed E-state index contributed by atoms with van der Waals surface area (Å²) in [4.78, 5) is 14.5. The first-order valence-electron chi connectivity index (χ1n) is 11.0. The van der Waals surface area contributed by atoms with E-state index in [4.69, 9.17) is 14.7 Å². The highest BCUT2D eigenvalue weighted by Gasteiger charge is 2.23. The molecule has 0 saturated carbocycles. The third-order valence-corrected chi connectivity index (χ3v) is 7.24. The molecule has 1 aromatic carbocycles. The average Bonchev–Trinajstić information content (AvgIpc) is 3.17. The van der Waals surface area contributed by atoms with Crippen LogP contribution in [0.2, 0.25) is 0 Å². The van der Waals surface area contributed by atoms with E-state index in [9.17, 15) is 9.50 Å². The molecule has 1 fully saturated rings. The maximum absolute atomic E-state index is 14.1. The lowest BCUT2D eigenvalue weighted by Gasteiger charge is -2.26. The Balaban J connectivity index is 1.45. The summed E-state index contributed by atoms with van der Waals surface area (Å²) in [5, 5.41) is 15.0. The van der Waals surface area contributed by atoms with Gasteiger partial charge in [-0.25, -0.2) is 14.4 Å². The standard InChI is InChI=1S/C23H27FN4O2S/c24-17-7-3-1-5-15(17)18(29)13-25-22-21-16-6-2-4-8-19(16)31-23(21)27-20(26-22)14-28-9-11-30-12-10-28/h1,3,5,7,18,29H,2,4,6,8-14H2,(H,25,26,27). The van der Waals surface area contributed by atoms with Crippen LogP contribution >= 0.6 is 11.3 Å². The molecular formula is C23H27FN4O2S. The van der Waals surface area contributed by atoms with E-state index in [0.29, 0.717) is 12.1 Å². The minimum absolute atomic E-state index is 0.189. The third-order valence-electron chi connectivity index (χ3n) is 6.06. The van der Waals surface area contributed by atoms with E-state index in [1.165, 1.54) is 29.3 Å². The van der Waals surface area contributed by atoms with Crippen LogP contribution in [0.1, 0.15) is 40.8 Å². The average molecular weight is 443 g/mol. The van der Waals surface area contributed by atoms with Crippen LogP contribution in [0.25, 0.3) is 10.2 Å². The summed E-state index contributed by atoms with van der Waals surface area (Å²) in [6.07, 6.45) is 3.55. The molecule has 1 aliphatic heterocycles. The molecule has 2 aromatic heterocycles. The number of aliphatic hydroxyl groups is 1. The van der Waals surface area contributed by atoms with Gasteiger partial charge in [-0.1, -0.05) is 18.2 Å². The number of ether oxygens (including phenoxy) is 1. The number of nitrogens with zero attached hydrogens (tertiary/aromatic N) is 3. The molecule has 3 heterocycles. The Morgan fingerprint density at radius 3 is 2.81 bits per heavy atom. The van der Waals surface area contributed by atoms with Crippen molar-refractivity contribution in [2.75, 3.05) is 38.2 Å². The summed E-state index contributed by atoms with van der Waals surface area (Å²) >= 11 is 1.77. The van der Waals surface area contributed by atoms with E-state index in [-0.39, 0.29) is 6.54 Å². The van der Waals surface area contributed by atoms with Gasteiger partial charge in [-0.3, -0.25) is 4.90 Å². The molecule has 1 aliphatic carbocycles. The van der Waals surface area contributed by atoms with Crippen LogP contribution < -0.4 is 5.32 Å². The van der Waals surface area contributed by atoms with Gasteiger partial charge in [-0.2, -0.15) is 0 Å². The zero-order chi connectivity index (χ0) is 21.2. The summed E-state index contributed by atoms with van der Waals surface area (Å²) in [6.45, 7) is 4.07. The van der Waals surface area contributed by atoms with Crippen LogP contribution in [0.3, 0.4) is 0 Å². The fourth-order valence-corrected chi connectivity index (χ4v) is 5.69. The number of fused-ring (bicyclic) bond motifs is 3. The van der Waals surface area contributed by atoms with Gasteiger partial charge in [0.25, 0.3) is 0 Å². The minimum atomic E-state index is -0.955. The van der Waals surface area contributed by atoms with Gasteiger partial charge < -0.3 is 15.2 Å². The predicted molar refractivity (Wildman–Crippen MR) is 120 cm³/mol. The largest absolute Gasteiger partial charge is 0.386 e. The van der Waals surface area contributed by atoms with E-state index in [1.54, 1.807) is 29.5 Å². The first kappa shape index (κ1) is 20.8. The van der Waals surface area contributed by atoms with Gasteiger partial charge in [0.2, 0.25) is 0 Å². The van der Waals surface area contributed by atoms with E-state index < -0.39 is 11.9 Å². The molecule has 3 aromatic rings. The first-order chi connectivity index (χ1) is 15.2. The van der Waals surface area contributed by atoms with E-state index in [2.05, 4.69) is 10.2 Å². The minimum Gasteiger partial charge on any atom is -0.386 e. The Kier molecular flexibility index (Phi) is 6.13. The van der Waals surface area contributed by atoms with Crippen LogP contribution in [0, 0.1) is 5.82 Å². The molecule has 0 amide bonds. The summed E-state index contributed by atoms with van der Waals surface area (Å²) in [7, 11) is 0. The lowest BCUT2D eigenvalue weighted by molar-refractivity contribution is 0.0331. The number of aryl methyl sites for hydroxylation is 2. The van der Waals surface area contributed by atoms with Crippen LogP contribution in [-0.4, -0.2) is 52.8 Å². The highest BCUT2D eigenvalue weighted by atomic mass is 32.1. The number of hydrogen-bond acceptors (Lipinski definition) is 7. The van der Waals surface area contributed by atoms with Crippen LogP contribution in [0.4, 0.5) is 10.2 Å². The van der Waals surface area contributed by atoms with Gasteiger partial charge in [-0.05, 0) is 37.3 Å². The van der Waals surface area contributed by atoms with Crippen LogP contribution in [0.5, 0.6) is 0 Å². The predicted octanol–water partition coefficient (Wildman–Crippen LogP) is 3.69. The number of nitrogens with one attached hydrogen (secondary N) is 1. The number of hydrogen-bond donors (Lipinski definition) is 2. The molecule has 1 unspecified atom stereocenters. The van der Waals surface area contributed by atoms with Crippen molar-refractivity contribution in [2.24, 2.45) is 0 Å². The lowest BCUT2D eigenvalue weighted by Crippen LogP contribution is -2.36. The van der Waals surface area contributed by atoms with Crippen LogP contribution in [-0.2, 0) is 24.1 Å². The smallest absolute Gasteiger partial charge is 0.146 e. The maximum Gasteiger partial charge on any atom is 0.146 e. The van der Waals surface area contributed by atoms with Crippen molar-refractivity contribution in [1.29, 1.82) is 0 Å². The quantitative estimate of drug-likeness (QED) is 0.607. The monoisotopic (exact) mass is 442 g/mol. The Morgan fingerprint density at radius 1 is 1.16 bits per heavy atom. The second-order valence-electron chi connectivity index (χ2n) is 8.19. The molecule has 1 saturated heterocycles. The number of halogens is 1. The topological polar surface area (TPSA) is 70.5 Å². The number of anilines is 1. The Hall–Kier alpha value is -2.13. The van der Waals surface area contributed by atoms with Crippen molar-refractivity contribution in [3.05, 3.63) is 51.9 Å². The van der Waals surface area contributed by atoms with E-state index >= 15 is 0 Å². The second kappa shape index (κ2) is 9.16. The van der Waals surface area contributed by atoms with Gasteiger partial charge in [0.15, 0.2) is 0 Å². The molecule has 2 aliphatic rings. The van der Waals surface area contributed by atoms with Crippen molar-refractivity contribution >= 4 is 27.4 Å². The summed E-state index contributed by atoms with van der Waals surface area (Å²) in [5.74, 6) is 1.13. The Bertz CT molecular complexity index is 1070. The van der Waals surface area contributed by atoms with Gasteiger partial charge >= 0.3 is 0 Å². The summed E-state index contributed by atoms with van der Waals surface area (Å²) < 4.78 is 19.5. The van der Waals surface area contributed by atoms with Gasteiger partial charge in [0.1, 0.15) is 22.3 Å². The molecule has 8 heteroatoms. The number of thiophene rings is 1. The van der Waals surface area contributed by atoms with Crippen molar-refractivity contribution < 1.29 is 14.2 Å². The summed E-state index contributed by atoms with van der Waals surface area (Å²) in [5.41, 5.74) is 1.63. The number of aliphatic hydroxyl groups excluding tert-OH is 1. The Labute approximate surface area is 185 Å². The zero-order valence-corrected chi connectivity index (χ0v) is 18.3. The van der Waals surface area contributed by atoms with Crippen molar-refractivity contribution in [2.45, 2.75) is 38.3 Å². The number of aromatic nitrogens is 2. The molecule has 0 bridgehead atoms. The molecule has 6 nitrogen and oxygen atoms in total. The number of morpholine rings is 1. The fraction of sp³-hybridized carbons (Fsp3) is 0.478. The lowest BCUT2D eigenvalue weighted by atomic mass is 9.97. The van der Waals surface area contributed by atoms with Crippen molar-refractivity contribution in [1.82, 2.24) is 14.9 Å². The molecule has 2 N–H and O–H groups in total. The summed E-state index contributed by atoms with van der Waals surface area (Å²) in [6, 6.07) is 6.35. The Morgan fingerprint density at radius 2 is 1.97 bits per heavy atom. The fourth-order valence-electron chi connectivity index (χ4n) is 4.41. The molecule has 1 atom stereocenters. The van der Waals surface area contributed by atoms with E-state index in [0.717, 1.165) is 61.0 Å². The number of rotatable bonds is 6. The molecular weight excluding hydrogens is 415 g/mol. The zero-order valence-electron chi connectivity index (χ0n) is 17.4. The highest BCUT2D eigenvalue weighted by molar-refractivity contribution is 7.19. The number of benzene rings is 1. The van der Waals surface area contributed by atoms with Gasteiger partial charge in [-0.15, -0.1) is 11.3 Å². The van der Waals surface area contributed by atoms with Crippen LogP contribution in [0.15, 0.2) is 24.3 Å². The molecule has 0 radical (unpaired) electrons. The molecule has 31 heavy (non-hydrogen) atoms. The van der Waals surface area contributed by atoms with Gasteiger partial charge in [0.05, 0.1) is 31.2 Å². The maximum atomic E-state index is 14.1. The van der Waals surface area contributed by atoms with E-state index in [1.807, 2.05) is 0 Å².